The number of piperidine rings is 1. The van der Waals surface area contributed by atoms with E-state index in [4.69, 9.17) is 4.42 Å². The summed E-state index contributed by atoms with van der Waals surface area (Å²) in [4.78, 5) is 13.6. The smallest absolute Gasteiger partial charge is 0.293 e. The van der Waals surface area contributed by atoms with E-state index in [-0.39, 0.29) is 10.9 Å². The maximum Gasteiger partial charge on any atom is 0.293 e. The Morgan fingerprint density at radius 3 is 2.79 bits per heavy atom. The van der Waals surface area contributed by atoms with Crippen LogP contribution in [0.25, 0.3) is 0 Å². The molecule has 1 N–H and O–H groups in total. The van der Waals surface area contributed by atoms with Gasteiger partial charge in [0, 0.05) is 23.7 Å². The Balaban J connectivity index is 1.38. The number of anilines is 1. The summed E-state index contributed by atoms with van der Waals surface area (Å²) in [5.41, 5.74) is 0. The van der Waals surface area contributed by atoms with E-state index in [0.717, 1.165) is 29.4 Å². The summed E-state index contributed by atoms with van der Waals surface area (Å²) >= 11 is 4.47. The highest BCUT2D eigenvalue weighted by Crippen LogP contribution is 2.30. The van der Waals surface area contributed by atoms with Crippen LogP contribution in [0.5, 0.6) is 0 Å². The van der Waals surface area contributed by atoms with Crippen LogP contribution < -0.4 is 5.32 Å². The van der Waals surface area contributed by atoms with Gasteiger partial charge in [-0.1, -0.05) is 35.6 Å². The van der Waals surface area contributed by atoms with Gasteiger partial charge in [-0.2, -0.15) is 4.31 Å². The molecule has 4 heterocycles. The summed E-state index contributed by atoms with van der Waals surface area (Å²) in [5.74, 6) is 0.149. The molecule has 4 rings (SSSR count). The maximum atomic E-state index is 12.6. The molecule has 1 amide bonds. The summed E-state index contributed by atoms with van der Waals surface area (Å²) in [7, 11) is -3.71. The van der Waals surface area contributed by atoms with E-state index in [9.17, 15) is 13.2 Å². The highest BCUT2D eigenvalue weighted by molar-refractivity contribution is 8.00. The molecule has 0 bridgehead atoms. The molecular formula is C17H18N4O4S4. The van der Waals surface area contributed by atoms with E-state index in [0.29, 0.717) is 18.2 Å². The number of furan rings is 1. The van der Waals surface area contributed by atoms with Gasteiger partial charge in [0.1, 0.15) is 0 Å². The third-order valence-electron chi connectivity index (χ3n) is 4.26. The van der Waals surface area contributed by atoms with Crippen LogP contribution in [0, 0.1) is 0 Å². The molecule has 0 aliphatic carbocycles. The zero-order valence-corrected chi connectivity index (χ0v) is 18.5. The molecule has 3 aromatic heterocycles. The second-order valence-electron chi connectivity index (χ2n) is 6.28. The Bertz CT molecular complexity index is 1070. The first kappa shape index (κ1) is 20.5. The quantitative estimate of drug-likeness (QED) is 0.412. The fraction of sp³-hybridized carbons (Fsp3) is 0.353. The van der Waals surface area contributed by atoms with Crippen LogP contribution >= 0.6 is 34.4 Å². The van der Waals surface area contributed by atoms with Gasteiger partial charge in [-0.3, -0.25) is 10.1 Å². The molecule has 29 heavy (non-hydrogen) atoms. The summed E-state index contributed by atoms with van der Waals surface area (Å²) in [5, 5.41) is 12.8. The van der Waals surface area contributed by atoms with E-state index in [1.54, 1.807) is 23.1 Å². The van der Waals surface area contributed by atoms with Gasteiger partial charge < -0.3 is 4.42 Å². The summed E-state index contributed by atoms with van der Waals surface area (Å²) < 4.78 is 32.8. The predicted octanol–water partition coefficient (Wildman–Crippen LogP) is 3.91. The van der Waals surface area contributed by atoms with Crippen molar-refractivity contribution in [3.63, 3.8) is 0 Å². The molecule has 0 aromatic carbocycles. The minimum Gasteiger partial charge on any atom is -0.438 e. The number of rotatable bonds is 7. The van der Waals surface area contributed by atoms with Gasteiger partial charge in [-0.25, -0.2) is 8.42 Å². The normalized spacial score (nSPS) is 15.4. The van der Waals surface area contributed by atoms with Crippen molar-refractivity contribution >= 4 is 55.5 Å². The van der Waals surface area contributed by atoms with E-state index in [2.05, 4.69) is 15.5 Å². The second kappa shape index (κ2) is 8.96. The van der Waals surface area contributed by atoms with Crippen molar-refractivity contribution < 1.29 is 17.6 Å². The van der Waals surface area contributed by atoms with Crippen molar-refractivity contribution in [1.29, 1.82) is 0 Å². The van der Waals surface area contributed by atoms with Crippen molar-refractivity contribution in [3.8, 4) is 0 Å². The Labute approximate surface area is 180 Å². The van der Waals surface area contributed by atoms with Crippen molar-refractivity contribution in [3.05, 3.63) is 40.3 Å². The highest BCUT2D eigenvalue weighted by Gasteiger charge is 2.29. The molecular weight excluding hydrogens is 452 g/mol. The monoisotopic (exact) mass is 470 g/mol. The number of hydrogen-bond donors (Lipinski definition) is 1. The number of amides is 1. The van der Waals surface area contributed by atoms with Crippen molar-refractivity contribution in [2.45, 2.75) is 34.4 Å². The zero-order valence-electron chi connectivity index (χ0n) is 15.2. The minimum absolute atomic E-state index is 0.0800. The number of aromatic nitrogens is 2. The fourth-order valence-corrected chi connectivity index (χ4v) is 6.77. The summed E-state index contributed by atoms with van der Waals surface area (Å²) in [6.07, 6.45) is 2.68. The number of carbonyl (C=O) groups is 1. The first-order valence-electron chi connectivity index (χ1n) is 8.92. The minimum atomic E-state index is -3.71. The van der Waals surface area contributed by atoms with Crippen LogP contribution in [0.15, 0.2) is 43.5 Å². The fourth-order valence-electron chi connectivity index (χ4n) is 2.82. The van der Waals surface area contributed by atoms with Gasteiger partial charge >= 0.3 is 0 Å². The van der Waals surface area contributed by atoms with Crippen LogP contribution in [-0.4, -0.2) is 41.9 Å². The van der Waals surface area contributed by atoms with Gasteiger partial charge in [0.15, 0.2) is 10.1 Å². The summed E-state index contributed by atoms with van der Waals surface area (Å²) in [6.45, 7) is 0.947. The molecule has 0 spiro atoms. The molecule has 1 saturated heterocycles. The lowest BCUT2D eigenvalue weighted by Crippen LogP contribution is -2.35. The SMILES string of the molecule is O=C(Nc1nnc(SCc2cccs2)s1)c1ccc(S(=O)(=O)N2CCCCC2)o1. The molecule has 0 unspecified atom stereocenters. The van der Waals surface area contributed by atoms with Crippen LogP contribution in [0.4, 0.5) is 5.13 Å². The zero-order chi connectivity index (χ0) is 20.3. The van der Waals surface area contributed by atoms with Gasteiger partial charge in [0.25, 0.3) is 15.9 Å². The number of thioether (sulfide) groups is 1. The Kier molecular flexibility index (Phi) is 6.35. The molecule has 1 aliphatic rings. The third-order valence-corrected chi connectivity index (χ3v) is 9.11. The standard InChI is InChI=1S/C17H18N4O4S4/c22-15(18-16-19-20-17(28-16)27-11-12-5-4-10-26-12)13-6-7-14(25-13)29(23,24)21-8-2-1-3-9-21/h4-7,10H,1-3,8-9,11H2,(H,18,19,22). The van der Waals surface area contributed by atoms with E-state index in [1.165, 1.54) is 32.7 Å². The molecule has 12 heteroatoms. The lowest BCUT2D eigenvalue weighted by Gasteiger charge is -2.24. The van der Waals surface area contributed by atoms with Crippen LogP contribution in [0.1, 0.15) is 34.7 Å². The summed E-state index contributed by atoms with van der Waals surface area (Å²) in [6, 6.07) is 6.73. The third kappa shape index (κ3) is 4.89. The number of sulfonamides is 1. The topological polar surface area (TPSA) is 105 Å². The molecule has 1 aliphatic heterocycles. The van der Waals surface area contributed by atoms with E-state index in [1.807, 2.05) is 17.5 Å². The lowest BCUT2D eigenvalue weighted by molar-refractivity contribution is 0.0991. The Morgan fingerprint density at radius 1 is 1.21 bits per heavy atom. The molecule has 0 atom stereocenters. The Morgan fingerprint density at radius 2 is 2.03 bits per heavy atom. The van der Waals surface area contributed by atoms with Gasteiger partial charge in [0.05, 0.1) is 0 Å². The maximum absolute atomic E-state index is 12.6. The van der Waals surface area contributed by atoms with E-state index >= 15 is 0 Å². The van der Waals surface area contributed by atoms with Crippen molar-refractivity contribution in [2.75, 3.05) is 18.4 Å². The van der Waals surface area contributed by atoms with Crippen LogP contribution in [0.3, 0.4) is 0 Å². The molecule has 154 valence electrons. The van der Waals surface area contributed by atoms with Crippen molar-refractivity contribution in [2.24, 2.45) is 0 Å². The molecule has 8 nitrogen and oxygen atoms in total. The number of thiophene rings is 1. The number of hydrogen-bond acceptors (Lipinski definition) is 9. The first-order valence-corrected chi connectivity index (χ1v) is 13.0. The highest BCUT2D eigenvalue weighted by atomic mass is 32.2. The predicted molar refractivity (Wildman–Crippen MR) is 113 cm³/mol. The van der Waals surface area contributed by atoms with Crippen molar-refractivity contribution in [1.82, 2.24) is 14.5 Å². The van der Waals surface area contributed by atoms with Crippen LogP contribution in [0.2, 0.25) is 0 Å². The largest absolute Gasteiger partial charge is 0.438 e. The molecule has 1 fully saturated rings. The molecule has 0 radical (unpaired) electrons. The molecule has 0 saturated carbocycles. The number of carbonyl (C=O) groups excluding carboxylic acids is 1. The van der Waals surface area contributed by atoms with Gasteiger partial charge in [-0.05, 0) is 36.4 Å². The van der Waals surface area contributed by atoms with Gasteiger partial charge in [0.2, 0.25) is 10.2 Å². The molecule has 3 aromatic rings. The average Bonchev–Trinajstić information content (AvgIpc) is 3.48. The first-order chi connectivity index (χ1) is 14.0. The van der Waals surface area contributed by atoms with Crippen LogP contribution in [-0.2, 0) is 15.8 Å². The van der Waals surface area contributed by atoms with Gasteiger partial charge in [-0.15, -0.1) is 21.5 Å². The average molecular weight is 471 g/mol. The Hall–Kier alpha value is -1.73. The lowest BCUT2D eigenvalue weighted by atomic mass is 10.2. The second-order valence-corrected chi connectivity index (χ2v) is 11.4. The number of nitrogens with one attached hydrogen (secondary N) is 1. The number of nitrogens with zero attached hydrogens (tertiary/aromatic N) is 3. The van der Waals surface area contributed by atoms with E-state index < -0.39 is 15.9 Å².